The largest absolute Gasteiger partial charge is 0.342 e. The first-order chi connectivity index (χ1) is 7.65. The fourth-order valence-electron chi connectivity index (χ4n) is 2.35. The van der Waals surface area contributed by atoms with Crippen LogP contribution in [-0.2, 0) is 4.79 Å². The van der Waals surface area contributed by atoms with E-state index in [9.17, 15) is 4.79 Å². The third-order valence-corrected chi connectivity index (χ3v) is 3.55. The molecule has 102 valence electrons. The molecule has 1 fully saturated rings. The molecule has 2 atom stereocenters. The number of carbonyl (C=O) groups excluding carboxylic acids is 1. The smallest absolute Gasteiger partial charge is 0.222 e. The van der Waals surface area contributed by atoms with E-state index in [2.05, 4.69) is 13.8 Å². The minimum Gasteiger partial charge on any atom is -0.342 e. The van der Waals surface area contributed by atoms with E-state index in [1.54, 1.807) is 0 Å². The van der Waals surface area contributed by atoms with Gasteiger partial charge in [-0.05, 0) is 32.1 Å². The fourth-order valence-corrected chi connectivity index (χ4v) is 2.35. The van der Waals surface area contributed by atoms with Gasteiger partial charge in [-0.2, -0.15) is 0 Å². The van der Waals surface area contributed by atoms with Gasteiger partial charge in [-0.25, -0.2) is 0 Å². The Morgan fingerprint density at radius 3 is 2.76 bits per heavy atom. The van der Waals surface area contributed by atoms with Crippen LogP contribution in [0.1, 0.15) is 52.4 Å². The maximum absolute atomic E-state index is 11.9. The Morgan fingerprint density at radius 1 is 1.47 bits per heavy atom. The van der Waals surface area contributed by atoms with Crippen LogP contribution in [0, 0.1) is 5.92 Å². The van der Waals surface area contributed by atoms with Crippen molar-refractivity contribution in [2.24, 2.45) is 11.7 Å². The number of nitrogens with two attached hydrogens (primary N) is 1. The van der Waals surface area contributed by atoms with E-state index >= 15 is 0 Å². The first-order valence-electron chi connectivity index (χ1n) is 6.68. The second-order valence-electron chi connectivity index (χ2n) is 5.06. The van der Waals surface area contributed by atoms with E-state index < -0.39 is 0 Å². The van der Waals surface area contributed by atoms with Gasteiger partial charge in [0.05, 0.1) is 0 Å². The Balaban J connectivity index is 0.00000256. The van der Waals surface area contributed by atoms with Crippen LogP contribution in [0.3, 0.4) is 0 Å². The molecule has 1 saturated heterocycles. The normalized spacial score (nSPS) is 21.8. The van der Waals surface area contributed by atoms with Gasteiger partial charge in [-0.1, -0.05) is 19.8 Å². The average Bonchev–Trinajstić information content (AvgIpc) is 2.29. The first-order valence-corrected chi connectivity index (χ1v) is 6.68. The summed E-state index contributed by atoms with van der Waals surface area (Å²) in [6.45, 7) is 6.03. The average molecular weight is 263 g/mol. The Morgan fingerprint density at radius 2 is 2.18 bits per heavy atom. The lowest BCUT2D eigenvalue weighted by atomic mass is 9.92. The number of likely N-dealkylation sites (tertiary alicyclic amines) is 1. The highest BCUT2D eigenvalue weighted by molar-refractivity contribution is 5.85. The molecule has 3 nitrogen and oxygen atoms in total. The molecular formula is C13H27ClN2O. The van der Waals surface area contributed by atoms with E-state index in [0.717, 1.165) is 38.8 Å². The molecule has 0 aromatic carbocycles. The molecule has 2 unspecified atom stereocenters. The third-order valence-electron chi connectivity index (χ3n) is 3.55. The highest BCUT2D eigenvalue weighted by Gasteiger charge is 2.25. The number of halogens is 1. The molecule has 1 heterocycles. The van der Waals surface area contributed by atoms with Crippen LogP contribution in [0.4, 0.5) is 0 Å². The number of hydrogen-bond donors (Lipinski definition) is 1. The van der Waals surface area contributed by atoms with E-state index in [-0.39, 0.29) is 18.4 Å². The van der Waals surface area contributed by atoms with Crippen molar-refractivity contribution in [3.05, 3.63) is 0 Å². The van der Waals surface area contributed by atoms with Crippen molar-refractivity contribution in [1.82, 2.24) is 4.90 Å². The van der Waals surface area contributed by atoms with Gasteiger partial charge in [0.1, 0.15) is 0 Å². The van der Waals surface area contributed by atoms with Crippen LogP contribution in [0.15, 0.2) is 0 Å². The second-order valence-corrected chi connectivity index (χ2v) is 5.06. The molecule has 1 amide bonds. The van der Waals surface area contributed by atoms with Crippen molar-refractivity contribution in [2.45, 2.75) is 58.4 Å². The van der Waals surface area contributed by atoms with Gasteiger partial charge in [-0.15, -0.1) is 12.4 Å². The Bertz CT molecular complexity index is 221. The van der Waals surface area contributed by atoms with Gasteiger partial charge in [0.15, 0.2) is 0 Å². The van der Waals surface area contributed by atoms with Crippen molar-refractivity contribution in [1.29, 1.82) is 0 Å². The quantitative estimate of drug-likeness (QED) is 0.774. The lowest BCUT2D eigenvalue weighted by Gasteiger charge is -2.34. The van der Waals surface area contributed by atoms with Gasteiger partial charge >= 0.3 is 0 Å². The zero-order valence-electron chi connectivity index (χ0n) is 11.2. The Hall–Kier alpha value is -0.280. The van der Waals surface area contributed by atoms with E-state index in [4.69, 9.17) is 5.73 Å². The molecule has 0 spiro atoms. The van der Waals surface area contributed by atoms with Crippen LogP contribution >= 0.6 is 12.4 Å². The number of carbonyl (C=O) groups is 1. The summed E-state index contributed by atoms with van der Waals surface area (Å²) >= 11 is 0. The van der Waals surface area contributed by atoms with Crippen LogP contribution in [0.2, 0.25) is 0 Å². The van der Waals surface area contributed by atoms with Crippen molar-refractivity contribution >= 4 is 18.3 Å². The summed E-state index contributed by atoms with van der Waals surface area (Å²) in [6.07, 6.45) is 6.39. The monoisotopic (exact) mass is 262 g/mol. The zero-order chi connectivity index (χ0) is 12.0. The van der Waals surface area contributed by atoms with Gasteiger partial charge in [0.25, 0.3) is 0 Å². The van der Waals surface area contributed by atoms with Crippen LogP contribution in [0.25, 0.3) is 0 Å². The molecule has 1 aliphatic rings. The maximum Gasteiger partial charge on any atom is 0.222 e. The summed E-state index contributed by atoms with van der Waals surface area (Å²) in [5, 5.41) is 0. The number of nitrogens with zero attached hydrogens (tertiary/aromatic N) is 1. The topological polar surface area (TPSA) is 46.3 Å². The van der Waals surface area contributed by atoms with Crippen LogP contribution in [0.5, 0.6) is 0 Å². The molecule has 0 aromatic rings. The SMILES string of the molecule is CCCCCC(=O)N1CCCC(C(C)N)C1.Cl. The number of rotatable bonds is 5. The number of piperidine rings is 1. The number of amides is 1. The van der Waals surface area contributed by atoms with Gasteiger partial charge < -0.3 is 10.6 Å². The zero-order valence-corrected chi connectivity index (χ0v) is 12.0. The first kappa shape index (κ1) is 16.7. The summed E-state index contributed by atoms with van der Waals surface area (Å²) in [7, 11) is 0. The summed E-state index contributed by atoms with van der Waals surface area (Å²) < 4.78 is 0. The van der Waals surface area contributed by atoms with Crippen molar-refractivity contribution < 1.29 is 4.79 Å². The fraction of sp³-hybridized carbons (Fsp3) is 0.923. The lowest BCUT2D eigenvalue weighted by Crippen LogP contribution is -2.44. The molecule has 4 heteroatoms. The van der Waals surface area contributed by atoms with Crippen molar-refractivity contribution in [3.8, 4) is 0 Å². The molecule has 0 radical (unpaired) electrons. The molecule has 2 N–H and O–H groups in total. The molecular weight excluding hydrogens is 236 g/mol. The molecule has 0 bridgehead atoms. The standard InChI is InChI=1S/C13H26N2O.ClH/c1-3-4-5-8-13(16)15-9-6-7-12(10-15)11(2)14;/h11-12H,3-10,14H2,1-2H3;1H. The molecule has 0 aliphatic carbocycles. The summed E-state index contributed by atoms with van der Waals surface area (Å²) in [5.74, 6) is 0.836. The summed E-state index contributed by atoms with van der Waals surface area (Å²) in [4.78, 5) is 13.9. The van der Waals surface area contributed by atoms with Gasteiger partial charge in [-0.3, -0.25) is 4.79 Å². The van der Waals surface area contributed by atoms with E-state index in [1.807, 2.05) is 4.90 Å². The summed E-state index contributed by atoms with van der Waals surface area (Å²) in [6, 6.07) is 0.214. The van der Waals surface area contributed by atoms with E-state index in [0.29, 0.717) is 11.8 Å². The third kappa shape index (κ3) is 5.73. The van der Waals surface area contributed by atoms with Gasteiger partial charge in [0, 0.05) is 25.6 Å². The predicted molar refractivity (Wildman–Crippen MR) is 74.3 cm³/mol. The molecule has 0 aromatic heterocycles. The van der Waals surface area contributed by atoms with Crippen LogP contribution in [-0.4, -0.2) is 29.9 Å². The number of unbranched alkanes of at least 4 members (excludes halogenated alkanes) is 2. The Labute approximate surface area is 112 Å². The Kier molecular flexibility index (Phi) is 8.61. The second kappa shape index (κ2) is 8.76. The highest BCUT2D eigenvalue weighted by atomic mass is 35.5. The minimum absolute atomic E-state index is 0. The molecule has 17 heavy (non-hydrogen) atoms. The van der Waals surface area contributed by atoms with Crippen LogP contribution < -0.4 is 5.73 Å². The number of hydrogen-bond acceptors (Lipinski definition) is 2. The minimum atomic E-state index is 0. The van der Waals surface area contributed by atoms with Crippen molar-refractivity contribution in [3.63, 3.8) is 0 Å². The van der Waals surface area contributed by atoms with E-state index in [1.165, 1.54) is 12.8 Å². The molecule has 0 saturated carbocycles. The lowest BCUT2D eigenvalue weighted by molar-refractivity contribution is -0.133. The summed E-state index contributed by atoms with van der Waals surface area (Å²) in [5.41, 5.74) is 5.91. The predicted octanol–water partition coefficient (Wildman–Crippen LogP) is 2.57. The maximum atomic E-state index is 11.9. The van der Waals surface area contributed by atoms with Gasteiger partial charge in [0.2, 0.25) is 5.91 Å². The molecule has 1 rings (SSSR count). The highest BCUT2D eigenvalue weighted by Crippen LogP contribution is 2.19. The molecule has 1 aliphatic heterocycles. The van der Waals surface area contributed by atoms with Crippen molar-refractivity contribution in [2.75, 3.05) is 13.1 Å².